The highest BCUT2D eigenvalue weighted by Gasteiger charge is 2.31. The van der Waals surface area contributed by atoms with Crippen LogP contribution in [-0.2, 0) is 4.74 Å². The van der Waals surface area contributed by atoms with Crippen LogP contribution < -0.4 is 19.6 Å². The van der Waals surface area contributed by atoms with E-state index in [2.05, 4.69) is 0 Å². The summed E-state index contributed by atoms with van der Waals surface area (Å²) >= 11 is 0. The Bertz CT molecular complexity index is 1300. The largest absolute Gasteiger partial charge is 0.497 e. The van der Waals surface area contributed by atoms with Gasteiger partial charge in [0.1, 0.15) is 28.6 Å². The normalized spacial score (nSPS) is 14.1. The van der Waals surface area contributed by atoms with Crippen LogP contribution >= 0.6 is 0 Å². The molecule has 9 heteroatoms. The Kier molecular flexibility index (Phi) is 6.56. The molecule has 1 N–H and O–H groups in total. The number of ether oxygens (including phenoxy) is 4. The molecule has 2 aromatic carbocycles. The van der Waals surface area contributed by atoms with Crippen molar-refractivity contribution in [3.05, 3.63) is 75.3 Å². The lowest BCUT2D eigenvalue weighted by atomic mass is 10.0. The van der Waals surface area contributed by atoms with Crippen molar-refractivity contribution in [1.29, 1.82) is 0 Å². The molecular weight excluding hydrogens is 445 g/mol. The number of nitrogens with zero attached hydrogens (tertiary/aromatic N) is 1. The summed E-state index contributed by atoms with van der Waals surface area (Å²) in [6.07, 6.45) is 0.821. The van der Waals surface area contributed by atoms with Crippen LogP contribution in [0.2, 0.25) is 0 Å². The number of halogens is 1. The third-order valence-electron chi connectivity index (χ3n) is 5.58. The van der Waals surface area contributed by atoms with Gasteiger partial charge in [0.05, 0.1) is 19.4 Å². The number of benzene rings is 2. The molecule has 0 spiro atoms. The Morgan fingerprint density at radius 1 is 1.18 bits per heavy atom. The molecule has 0 fully saturated rings. The monoisotopic (exact) mass is 469 g/mol. The standard InChI is InChI=1S/C25H24FNO7/c1-14-9-17-20-11-21(28)18(25(29)30)13-27(20)24(16-6-5-15(32-3)10-19(16)26)34-23(17)12-22(14)33-8-4-7-31-2/h5-6,9-13,24H,4,7-8H2,1-3H3,(H,29,30). The number of hydrogen-bond acceptors (Lipinski definition) is 6. The van der Waals surface area contributed by atoms with Gasteiger partial charge in [0, 0.05) is 55.7 Å². The summed E-state index contributed by atoms with van der Waals surface area (Å²) in [6, 6.07) is 9.03. The van der Waals surface area contributed by atoms with Crippen molar-refractivity contribution in [2.45, 2.75) is 19.6 Å². The molecule has 1 aliphatic rings. The van der Waals surface area contributed by atoms with Gasteiger partial charge < -0.3 is 28.6 Å². The molecule has 0 radical (unpaired) electrons. The number of aromatic nitrogens is 1. The highest BCUT2D eigenvalue weighted by molar-refractivity contribution is 5.88. The van der Waals surface area contributed by atoms with Crippen LogP contribution in [0.25, 0.3) is 11.3 Å². The topological polar surface area (TPSA) is 96.2 Å². The average molecular weight is 469 g/mol. The number of fused-ring (bicyclic) bond motifs is 3. The lowest BCUT2D eigenvalue weighted by Gasteiger charge is -2.32. The summed E-state index contributed by atoms with van der Waals surface area (Å²) in [7, 11) is 3.04. The Hall–Kier alpha value is -3.85. The van der Waals surface area contributed by atoms with Gasteiger partial charge in [-0.25, -0.2) is 9.18 Å². The van der Waals surface area contributed by atoms with Gasteiger partial charge >= 0.3 is 5.97 Å². The predicted molar refractivity (Wildman–Crippen MR) is 122 cm³/mol. The number of aryl methyl sites for hydroxylation is 1. The smallest absolute Gasteiger partial charge is 0.341 e. The number of carboxylic acid groups (broad SMARTS) is 1. The van der Waals surface area contributed by atoms with Crippen LogP contribution in [0.5, 0.6) is 17.2 Å². The van der Waals surface area contributed by atoms with Gasteiger partial charge in [-0.15, -0.1) is 0 Å². The molecule has 8 nitrogen and oxygen atoms in total. The fourth-order valence-corrected chi connectivity index (χ4v) is 3.85. The molecule has 1 aromatic heterocycles. The van der Waals surface area contributed by atoms with Gasteiger partial charge in [0.15, 0.2) is 5.43 Å². The van der Waals surface area contributed by atoms with Gasteiger partial charge in [-0.3, -0.25) is 4.79 Å². The van der Waals surface area contributed by atoms with Gasteiger partial charge in [-0.05, 0) is 30.7 Å². The van der Waals surface area contributed by atoms with E-state index >= 15 is 4.39 Å². The zero-order valence-corrected chi connectivity index (χ0v) is 19.0. The molecule has 3 aromatic rings. The lowest BCUT2D eigenvalue weighted by Crippen LogP contribution is -2.28. The van der Waals surface area contributed by atoms with E-state index in [1.807, 2.05) is 6.92 Å². The number of carboxylic acids is 1. The van der Waals surface area contributed by atoms with Crippen molar-refractivity contribution in [1.82, 2.24) is 4.57 Å². The molecule has 4 rings (SSSR count). The number of rotatable bonds is 8. The SMILES string of the molecule is COCCCOc1cc2c(cc1C)-c1cc(=O)c(C(=O)O)cn1C(c1ccc(OC)cc1F)O2. The van der Waals surface area contributed by atoms with Gasteiger partial charge in [0.2, 0.25) is 6.23 Å². The van der Waals surface area contributed by atoms with Crippen molar-refractivity contribution in [3.63, 3.8) is 0 Å². The van der Waals surface area contributed by atoms with E-state index < -0.39 is 29.0 Å². The zero-order valence-electron chi connectivity index (χ0n) is 19.0. The van der Waals surface area contributed by atoms with E-state index in [0.717, 1.165) is 5.56 Å². The molecule has 178 valence electrons. The zero-order chi connectivity index (χ0) is 24.4. The van der Waals surface area contributed by atoms with E-state index in [0.29, 0.717) is 48.1 Å². The van der Waals surface area contributed by atoms with E-state index in [4.69, 9.17) is 18.9 Å². The Morgan fingerprint density at radius 2 is 1.97 bits per heavy atom. The summed E-state index contributed by atoms with van der Waals surface area (Å²) in [5.74, 6) is -0.684. The number of methoxy groups -OCH3 is 2. The first-order chi connectivity index (χ1) is 16.3. The quantitative estimate of drug-likeness (QED) is 0.498. The highest BCUT2D eigenvalue weighted by atomic mass is 19.1. The molecule has 0 aliphatic carbocycles. The van der Waals surface area contributed by atoms with Crippen molar-refractivity contribution >= 4 is 5.97 Å². The molecule has 0 bridgehead atoms. The number of hydrogen-bond donors (Lipinski definition) is 1. The van der Waals surface area contributed by atoms with Crippen molar-refractivity contribution in [3.8, 4) is 28.5 Å². The predicted octanol–water partition coefficient (Wildman–Crippen LogP) is 4.02. The molecule has 2 heterocycles. The van der Waals surface area contributed by atoms with Crippen LogP contribution in [0.15, 0.2) is 47.4 Å². The Labute approximate surface area is 195 Å². The summed E-state index contributed by atoms with van der Waals surface area (Å²) in [6.45, 7) is 2.85. The van der Waals surface area contributed by atoms with Gasteiger partial charge in [-0.1, -0.05) is 0 Å². The number of pyridine rings is 1. The van der Waals surface area contributed by atoms with Crippen LogP contribution in [0.4, 0.5) is 4.39 Å². The first-order valence-electron chi connectivity index (χ1n) is 10.6. The second kappa shape index (κ2) is 9.56. The maximum Gasteiger partial charge on any atom is 0.341 e. The minimum Gasteiger partial charge on any atom is -0.497 e. The maximum absolute atomic E-state index is 15.0. The average Bonchev–Trinajstić information content (AvgIpc) is 2.81. The Balaban J connectivity index is 1.86. The first-order valence-corrected chi connectivity index (χ1v) is 10.6. The molecular formula is C25H24FNO7. The van der Waals surface area contributed by atoms with Crippen LogP contribution in [-0.4, -0.2) is 43.1 Å². The molecule has 0 amide bonds. The van der Waals surface area contributed by atoms with Crippen molar-refractivity contribution in [2.24, 2.45) is 0 Å². The first kappa shape index (κ1) is 23.3. The summed E-state index contributed by atoms with van der Waals surface area (Å²) in [5, 5.41) is 9.47. The van der Waals surface area contributed by atoms with E-state index in [-0.39, 0.29) is 5.56 Å². The lowest BCUT2D eigenvalue weighted by molar-refractivity contribution is 0.0693. The Morgan fingerprint density at radius 3 is 2.65 bits per heavy atom. The van der Waals surface area contributed by atoms with Crippen molar-refractivity contribution < 1.29 is 33.2 Å². The maximum atomic E-state index is 15.0. The third kappa shape index (κ3) is 4.34. The van der Waals surface area contributed by atoms with Crippen LogP contribution in [0.3, 0.4) is 0 Å². The molecule has 34 heavy (non-hydrogen) atoms. The summed E-state index contributed by atoms with van der Waals surface area (Å²) in [5.41, 5.74) is 0.833. The molecule has 1 atom stereocenters. The number of aromatic carboxylic acids is 1. The minimum absolute atomic E-state index is 0.149. The fraction of sp³-hybridized carbons (Fsp3) is 0.280. The summed E-state index contributed by atoms with van der Waals surface area (Å²) in [4.78, 5) is 24.2. The fourth-order valence-electron chi connectivity index (χ4n) is 3.85. The van der Waals surface area contributed by atoms with E-state index in [1.54, 1.807) is 25.3 Å². The molecule has 1 unspecified atom stereocenters. The van der Waals surface area contributed by atoms with Gasteiger partial charge in [0.25, 0.3) is 0 Å². The van der Waals surface area contributed by atoms with E-state index in [1.165, 1.54) is 36.1 Å². The van der Waals surface area contributed by atoms with Crippen LogP contribution in [0.1, 0.15) is 34.1 Å². The number of carbonyl (C=O) groups is 1. The molecule has 1 aliphatic heterocycles. The highest BCUT2D eigenvalue weighted by Crippen LogP contribution is 2.43. The van der Waals surface area contributed by atoms with Crippen molar-refractivity contribution in [2.75, 3.05) is 27.4 Å². The minimum atomic E-state index is -1.38. The molecule has 0 saturated heterocycles. The van der Waals surface area contributed by atoms with Crippen LogP contribution in [0, 0.1) is 12.7 Å². The molecule has 0 saturated carbocycles. The van der Waals surface area contributed by atoms with E-state index in [9.17, 15) is 14.7 Å². The van der Waals surface area contributed by atoms with Gasteiger partial charge in [-0.2, -0.15) is 0 Å². The second-order valence-corrected chi connectivity index (χ2v) is 7.82. The second-order valence-electron chi connectivity index (χ2n) is 7.82. The summed E-state index contributed by atoms with van der Waals surface area (Å²) < 4.78 is 38.6. The third-order valence-corrected chi connectivity index (χ3v) is 5.58.